The average molecular weight is 384 g/mol. The van der Waals surface area contributed by atoms with E-state index in [0.29, 0.717) is 18.0 Å². The number of carbonyl (C=O) groups is 2. The van der Waals surface area contributed by atoms with Crippen molar-refractivity contribution >= 4 is 23.2 Å². The summed E-state index contributed by atoms with van der Waals surface area (Å²) >= 11 is 0. The van der Waals surface area contributed by atoms with Gasteiger partial charge in [-0.2, -0.15) is 0 Å². The molecule has 5 rings (SSSR count). The Hall–Kier alpha value is -3.60. The van der Waals surface area contributed by atoms with Crippen LogP contribution in [-0.4, -0.2) is 25.0 Å². The van der Waals surface area contributed by atoms with Gasteiger partial charge in [-0.1, -0.05) is 42.5 Å². The molecule has 2 amide bonds. The van der Waals surface area contributed by atoms with Gasteiger partial charge in [0.1, 0.15) is 5.75 Å². The van der Waals surface area contributed by atoms with Crippen molar-refractivity contribution in [1.82, 2.24) is 0 Å². The number of hydrogen-bond donors (Lipinski definition) is 1. The Kier molecular flexibility index (Phi) is 4.28. The fourth-order valence-electron chi connectivity index (χ4n) is 4.06. The lowest BCUT2D eigenvalue weighted by molar-refractivity contribution is -0.121. The van der Waals surface area contributed by atoms with Crippen molar-refractivity contribution in [2.24, 2.45) is 0 Å². The molecule has 0 saturated heterocycles. The summed E-state index contributed by atoms with van der Waals surface area (Å²) in [6.45, 7) is 0.325. The van der Waals surface area contributed by atoms with E-state index in [0.717, 1.165) is 12.1 Å². The SMILES string of the molecule is O=C(CCN1C(=O)COc2ccccc21)Nc1ccc2c(c1)Cc1ccccc1-2. The Morgan fingerprint density at radius 2 is 1.76 bits per heavy atom. The average Bonchev–Trinajstić information content (AvgIpc) is 3.11. The molecule has 0 bridgehead atoms. The normalized spacial score (nSPS) is 13.9. The fraction of sp³-hybridized carbons (Fsp3) is 0.167. The first-order valence-electron chi connectivity index (χ1n) is 9.72. The van der Waals surface area contributed by atoms with Gasteiger partial charge in [0, 0.05) is 18.7 Å². The smallest absolute Gasteiger partial charge is 0.265 e. The monoisotopic (exact) mass is 384 g/mol. The number of hydrogen-bond acceptors (Lipinski definition) is 3. The van der Waals surface area contributed by atoms with E-state index in [4.69, 9.17) is 4.74 Å². The Morgan fingerprint density at radius 3 is 2.69 bits per heavy atom. The highest BCUT2D eigenvalue weighted by Crippen LogP contribution is 2.37. The third-order valence-electron chi connectivity index (χ3n) is 5.45. The Bertz CT molecular complexity index is 1120. The number of amides is 2. The maximum absolute atomic E-state index is 12.5. The first-order valence-corrected chi connectivity index (χ1v) is 9.72. The lowest BCUT2D eigenvalue weighted by Gasteiger charge is -2.29. The molecule has 1 heterocycles. The van der Waals surface area contributed by atoms with Crippen molar-refractivity contribution in [3.05, 3.63) is 77.9 Å². The van der Waals surface area contributed by atoms with Gasteiger partial charge >= 0.3 is 0 Å². The topological polar surface area (TPSA) is 58.6 Å². The molecule has 0 unspecified atom stereocenters. The largest absolute Gasteiger partial charge is 0.482 e. The van der Waals surface area contributed by atoms with Gasteiger partial charge < -0.3 is 15.0 Å². The summed E-state index contributed by atoms with van der Waals surface area (Å²) in [5.74, 6) is 0.426. The van der Waals surface area contributed by atoms with Gasteiger partial charge in [-0.05, 0) is 52.9 Å². The fourth-order valence-corrected chi connectivity index (χ4v) is 4.06. The summed E-state index contributed by atoms with van der Waals surface area (Å²) < 4.78 is 5.45. The molecule has 0 aromatic heterocycles. The summed E-state index contributed by atoms with van der Waals surface area (Å²) in [6.07, 6.45) is 1.10. The first kappa shape index (κ1) is 17.5. The summed E-state index contributed by atoms with van der Waals surface area (Å²) in [6, 6.07) is 21.8. The number of para-hydroxylation sites is 2. The van der Waals surface area contributed by atoms with Gasteiger partial charge in [-0.25, -0.2) is 0 Å². The first-order chi connectivity index (χ1) is 14.2. The van der Waals surface area contributed by atoms with Crippen LogP contribution in [0, 0.1) is 0 Å². The van der Waals surface area contributed by atoms with E-state index in [1.807, 2.05) is 36.4 Å². The second-order valence-corrected chi connectivity index (χ2v) is 7.31. The molecule has 3 aromatic rings. The molecule has 3 aromatic carbocycles. The number of carbonyl (C=O) groups excluding carboxylic acids is 2. The van der Waals surface area contributed by atoms with Gasteiger partial charge in [0.2, 0.25) is 5.91 Å². The van der Waals surface area contributed by atoms with Crippen LogP contribution in [0.2, 0.25) is 0 Å². The van der Waals surface area contributed by atoms with Crippen LogP contribution in [0.5, 0.6) is 5.75 Å². The summed E-state index contributed by atoms with van der Waals surface area (Å²) in [4.78, 5) is 26.4. The molecule has 5 nitrogen and oxygen atoms in total. The Morgan fingerprint density at radius 1 is 0.966 bits per heavy atom. The molecule has 1 aliphatic carbocycles. The van der Waals surface area contributed by atoms with E-state index in [1.54, 1.807) is 4.90 Å². The molecule has 0 spiro atoms. The van der Waals surface area contributed by atoms with Crippen LogP contribution in [0.1, 0.15) is 17.5 Å². The summed E-state index contributed by atoms with van der Waals surface area (Å²) in [7, 11) is 0. The standard InChI is InChI=1S/C24H20N2O3/c27-23(11-12-26-21-7-3-4-8-22(21)29-15-24(26)28)25-18-9-10-20-17(14-18)13-16-5-1-2-6-19(16)20/h1-10,14H,11-13,15H2,(H,25,27). The van der Waals surface area contributed by atoms with Crippen molar-refractivity contribution in [2.45, 2.75) is 12.8 Å². The molecular formula is C24H20N2O3. The second-order valence-electron chi connectivity index (χ2n) is 7.31. The molecule has 2 aliphatic rings. The molecule has 1 N–H and O–H groups in total. The lowest BCUT2D eigenvalue weighted by Crippen LogP contribution is -2.40. The van der Waals surface area contributed by atoms with Gasteiger partial charge in [0.15, 0.2) is 6.61 Å². The van der Waals surface area contributed by atoms with Crippen LogP contribution in [0.25, 0.3) is 11.1 Å². The number of nitrogens with zero attached hydrogens (tertiary/aromatic N) is 1. The summed E-state index contributed by atoms with van der Waals surface area (Å²) in [5.41, 5.74) is 6.54. The predicted molar refractivity (Wildman–Crippen MR) is 112 cm³/mol. The zero-order chi connectivity index (χ0) is 19.8. The molecular weight excluding hydrogens is 364 g/mol. The van der Waals surface area contributed by atoms with Crippen molar-refractivity contribution in [3.63, 3.8) is 0 Å². The quantitative estimate of drug-likeness (QED) is 0.578. The zero-order valence-electron chi connectivity index (χ0n) is 15.9. The molecule has 0 fully saturated rings. The Labute approximate surface area is 168 Å². The van der Waals surface area contributed by atoms with Gasteiger partial charge in [-0.15, -0.1) is 0 Å². The highest BCUT2D eigenvalue weighted by atomic mass is 16.5. The van der Waals surface area contributed by atoms with Crippen LogP contribution < -0.4 is 15.0 Å². The van der Waals surface area contributed by atoms with Gasteiger partial charge in [-0.3, -0.25) is 9.59 Å². The molecule has 5 heteroatoms. The summed E-state index contributed by atoms with van der Waals surface area (Å²) in [5, 5.41) is 2.97. The van der Waals surface area contributed by atoms with Gasteiger partial charge in [0.05, 0.1) is 5.69 Å². The van der Waals surface area contributed by atoms with E-state index >= 15 is 0 Å². The zero-order valence-corrected chi connectivity index (χ0v) is 15.9. The third-order valence-corrected chi connectivity index (χ3v) is 5.45. The van der Waals surface area contributed by atoms with E-state index in [1.165, 1.54) is 22.3 Å². The molecule has 0 radical (unpaired) electrons. The van der Waals surface area contributed by atoms with Crippen LogP contribution in [0.3, 0.4) is 0 Å². The maximum atomic E-state index is 12.5. The van der Waals surface area contributed by atoms with Crippen molar-refractivity contribution in [2.75, 3.05) is 23.4 Å². The lowest BCUT2D eigenvalue weighted by atomic mass is 10.1. The number of ether oxygens (including phenoxy) is 1. The van der Waals surface area contributed by atoms with E-state index < -0.39 is 0 Å². The predicted octanol–water partition coefficient (Wildman–Crippen LogP) is 4.01. The second kappa shape index (κ2) is 7.09. The van der Waals surface area contributed by atoms with Crippen molar-refractivity contribution in [1.29, 1.82) is 0 Å². The maximum Gasteiger partial charge on any atom is 0.265 e. The number of rotatable bonds is 4. The van der Waals surface area contributed by atoms with E-state index in [2.05, 4.69) is 35.6 Å². The number of anilines is 2. The molecule has 0 atom stereocenters. The molecule has 29 heavy (non-hydrogen) atoms. The molecule has 1 aliphatic heterocycles. The van der Waals surface area contributed by atoms with Crippen LogP contribution in [0.15, 0.2) is 66.7 Å². The van der Waals surface area contributed by atoms with Crippen LogP contribution in [-0.2, 0) is 16.0 Å². The minimum absolute atomic E-state index is 0.00398. The molecule has 0 saturated carbocycles. The number of nitrogens with one attached hydrogen (secondary N) is 1. The van der Waals surface area contributed by atoms with Crippen molar-refractivity contribution in [3.8, 4) is 16.9 Å². The minimum atomic E-state index is -0.133. The minimum Gasteiger partial charge on any atom is -0.482 e. The van der Waals surface area contributed by atoms with Crippen molar-refractivity contribution < 1.29 is 14.3 Å². The van der Waals surface area contributed by atoms with Crippen LogP contribution in [0.4, 0.5) is 11.4 Å². The highest BCUT2D eigenvalue weighted by Gasteiger charge is 2.25. The number of benzene rings is 3. The van der Waals surface area contributed by atoms with Crippen LogP contribution >= 0.6 is 0 Å². The Balaban J connectivity index is 1.26. The third kappa shape index (κ3) is 3.25. The van der Waals surface area contributed by atoms with Gasteiger partial charge in [0.25, 0.3) is 5.91 Å². The highest BCUT2D eigenvalue weighted by molar-refractivity contribution is 5.99. The number of fused-ring (bicyclic) bond motifs is 4. The molecule has 144 valence electrons. The van der Waals surface area contributed by atoms with E-state index in [9.17, 15) is 9.59 Å². The van der Waals surface area contributed by atoms with E-state index in [-0.39, 0.29) is 24.8 Å².